The molecular weight excluding hydrogens is 557 g/mol. The number of carboxylic acid groups (broad SMARTS) is 1. The quantitative estimate of drug-likeness (QED) is 0.261. The maximum Gasteiger partial charge on any atom is 0.337 e. The highest BCUT2D eigenvalue weighted by molar-refractivity contribution is 6.30. The molecule has 1 aliphatic rings. The zero-order valence-corrected chi connectivity index (χ0v) is 25.4. The third-order valence-electron chi connectivity index (χ3n) is 7.96. The first-order chi connectivity index (χ1) is 19.7. The number of piperidine rings is 1. The lowest BCUT2D eigenvalue weighted by Gasteiger charge is -2.37. The predicted octanol–water partition coefficient (Wildman–Crippen LogP) is 6.92. The van der Waals surface area contributed by atoms with E-state index in [0.717, 1.165) is 10.9 Å². The highest BCUT2D eigenvalue weighted by Gasteiger charge is 2.31. The van der Waals surface area contributed by atoms with Gasteiger partial charge in [-0.3, -0.25) is 4.79 Å². The summed E-state index contributed by atoms with van der Waals surface area (Å²) >= 11 is 5.92. The van der Waals surface area contributed by atoms with Gasteiger partial charge >= 0.3 is 5.97 Å². The van der Waals surface area contributed by atoms with Gasteiger partial charge in [-0.15, -0.1) is 0 Å². The molecule has 42 heavy (non-hydrogen) atoms. The topological polar surface area (TPSA) is 100 Å². The van der Waals surface area contributed by atoms with Gasteiger partial charge in [-0.25, -0.2) is 19.2 Å². The SMILES string of the molecule is Cc1cc(NC2CCN(C(=O)c3ccc4c(-c5ccc(Cl)c(F)c5)cn(C(C)(C)C)c4n3)CC2C)nc(C)c1C(=O)O. The van der Waals surface area contributed by atoms with Crippen molar-refractivity contribution in [3.63, 3.8) is 0 Å². The summed E-state index contributed by atoms with van der Waals surface area (Å²) in [4.78, 5) is 36.3. The van der Waals surface area contributed by atoms with Gasteiger partial charge in [-0.2, -0.15) is 0 Å². The molecule has 1 saturated heterocycles. The number of aromatic carboxylic acids is 1. The molecule has 2 unspecified atom stereocenters. The summed E-state index contributed by atoms with van der Waals surface area (Å²) in [6.45, 7) is 12.8. The van der Waals surface area contributed by atoms with Crippen LogP contribution in [0.5, 0.6) is 0 Å². The van der Waals surface area contributed by atoms with Gasteiger partial charge < -0.3 is 19.9 Å². The number of aromatic nitrogens is 3. The molecule has 8 nitrogen and oxygen atoms in total. The second-order valence-electron chi connectivity index (χ2n) is 12.1. The Morgan fingerprint density at radius 1 is 1.12 bits per heavy atom. The highest BCUT2D eigenvalue weighted by atomic mass is 35.5. The molecule has 0 spiro atoms. The third-order valence-corrected chi connectivity index (χ3v) is 8.27. The van der Waals surface area contributed by atoms with Gasteiger partial charge in [0.1, 0.15) is 23.0 Å². The Hall–Kier alpha value is -3.98. The molecule has 2 atom stereocenters. The summed E-state index contributed by atoms with van der Waals surface area (Å²) < 4.78 is 16.3. The van der Waals surface area contributed by atoms with Gasteiger partial charge in [-0.05, 0) is 88.4 Å². The lowest BCUT2D eigenvalue weighted by molar-refractivity contribution is 0.0664. The molecule has 4 aromatic rings. The molecule has 1 fully saturated rings. The fourth-order valence-corrected chi connectivity index (χ4v) is 5.87. The van der Waals surface area contributed by atoms with Crippen LogP contribution in [0.25, 0.3) is 22.2 Å². The Bertz CT molecular complexity index is 1690. The number of aryl methyl sites for hydroxylation is 2. The molecule has 10 heteroatoms. The first-order valence-corrected chi connectivity index (χ1v) is 14.4. The van der Waals surface area contributed by atoms with Crippen LogP contribution in [0.3, 0.4) is 0 Å². The van der Waals surface area contributed by atoms with E-state index < -0.39 is 11.8 Å². The van der Waals surface area contributed by atoms with Crippen LogP contribution in [-0.4, -0.2) is 55.5 Å². The molecule has 2 N–H and O–H groups in total. The van der Waals surface area contributed by atoms with Crippen molar-refractivity contribution in [3.8, 4) is 11.1 Å². The lowest BCUT2D eigenvalue weighted by atomic mass is 9.93. The number of carbonyl (C=O) groups is 2. The maximum atomic E-state index is 14.3. The molecule has 1 aliphatic heterocycles. The molecule has 1 amide bonds. The minimum Gasteiger partial charge on any atom is -0.478 e. The number of carbonyl (C=O) groups excluding carboxylic acids is 1. The number of amides is 1. The Labute approximate surface area is 249 Å². The Balaban J connectivity index is 1.38. The van der Waals surface area contributed by atoms with Crippen LogP contribution in [0.4, 0.5) is 10.2 Å². The van der Waals surface area contributed by atoms with E-state index in [1.165, 1.54) is 6.07 Å². The number of nitrogens with one attached hydrogen (secondary N) is 1. The summed E-state index contributed by atoms with van der Waals surface area (Å²) in [6, 6.07) is 10.2. The van der Waals surface area contributed by atoms with E-state index in [1.54, 1.807) is 38.1 Å². The summed E-state index contributed by atoms with van der Waals surface area (Å²) in [6.07, 6.45) is 2.66. The fourth-order valence-electron chi connectivity index (χ4n) is 5.75. The van der Waals surface area contributed by atoms with Gasteiger partial charge in [0.15, 0.2) is 0 Å². The smallest absolute Gasteiger partial charge is 0.337 e. The summed E-state index contributed by atoms with van der Waals surface area (Å²) in [7, 11) is 0. The molecule has 220 valence electrons. The molecule has 4 heterocycles. The Kier molecular flexibility index (Phi) is 7.74. The zero-order valence-electron chi connectivity index (χ0n) is 24.6. The van der Waals surface area contributed by atoms with Gasteiger partial charge in [0.05, 0.1) is 16.3 Å². The number of halogens is 2. The largest absolute Gasteiger partial charge is 0.478 e. The number of benzene rings is 1. The van der Waals surface area contributed by atoms with Crippen molar-refractivity contribution in [2.75, 3.05) is 18.4 Å². The van der Waals surface area contributed by atoms with Crippen molar-refractivity contribution >= 4 is 40.3 Å². The minimum absolute atomic E-state index is 0.0649. The molecule has 5 rings (SSSR count). The summed E-state index contributed by atoms with van der Waals surface area (Å²) in [5.74, 6) is -0.855. The monoisotopic (exact) mass is 591 g/mol. The fraction of sp³-hybridized carbons (Fsp3) is 0.375. The lowest BCUT2D eigenvalue weighted by Crippen LogP contribution is -2.47. The number of fused-ring (bicyclic) bond motifs is 1. The first kappa shape index (κ1) is 29.5. The number of pyridine rings is 2. The van der Waals surface area contributed by atoms with Crippen LogP contribution in [0, 0.1) is 25.6 Å². The minimum atomic E-state index is -0.985. The van der Waals surface area contributed by atoms with E-state index in [0.29, 0.717) is 53.5 Å². The second kappa shape index (κ2) is 11.0. The van der Waals surface area contributed by atoms with Crippen LogP contribution in [-0.2, 0) is 5.54 Å². The van der Waals surface area contributed by atoms with Crippen molar-refractivity contribution in [1.29, 1.82) is 0 Å². The number of nitrogens with zero attached hydrogens (tertiary/aromatic N) is 4. The van der Waals surface area contributed by atoms with Gasteiger partial charge in [-0.1, -0.05) is 24.6 Å². The van der Waals surface area contributed by atoms with Crippen molar-refractivity contribution in [2.45, 2.75) is 59.5 Å². The third kappa shape index (κ3) is 5.57. The van der Waals surface area contributed by atoms with E-state index in [9.17, 15) is 19.1 Å². The van der Waals surface area contributed by atoms with E-state index in [-0.39, 0.29) is 34.0 Å². The van der Waals surface area contributed by atoms with Gasteiger partial charge in [0.2, 0.25) is 0 Å². The predicted molar refractivity (Wildman–Crippen MR) is 163 cm³/mol. The number of hydrogen-bond donors (Lipinski definition) is 2. The average molecular weight is 592 g/mol. The van der Waals surface area contributed by atoms with Crippen LogP contribution in [0.15, 0.2) is 42.6 Å². The van der Waals surface area contributed by atoms with Crippen molar-refractivity contribution < 1.29 is 19.1 Å². The Morgan fingerprint density at radius 2 is 1.86 bits per heavy atom. The number of hydrogen-bond acceptors (Lipinski definition) is 5. The zero-order chi connectivity index (χ0) is 30.5. The van der Waals surface area contributed by atoms with Crippen LogP contribution in [0.1, 0.15) is 66.2 Å². The van der Waals surface area contributed by atoms with Gasteiger partial charge in [0, 0.05) is 41.8 Å². The van der Waals surface area contributed by atoms with Crippen LogP contribution < -0.4 is 5.32 Å². The van der Waals surface area contributed by atoms with Crippen LogP contribution in [0.2, 0.25) is 5.02 Å². The summed E-state index contributed by atoms with van der Waals surface area (Å²) in [5.41, 5.74) is 3.54. The normalized spacial score (nSPS) is 17.5. The van der Waals surface area contributed by atoms with Crippen molar-refractivity contribution in [3.05, 3.63) is 75.9 Å². The average Bonchev–Trinajstić information content (AvgIpc) is 3.30. The number of anilines is 1. The molecule has 0 saturated carbocycles. The van der Waals surface area contributed by atoms with Crippen molar-refractivity contribution in [2.24, 2.45) is 5.92 Å². The molecule has 0 aliphatic carbocycles. The molecule has 3 aromatic heterocycles. The number of carboxylic acids is 1. The van der Waals surface area contributed by atoms with Gasteiger partial charge in [0.25, 0.3) is 5.91 Å². The number of likely N-dealkylation sites (tertiary alicyclic amines) is 1. The molecule has 1 aromatic carbocycles. The standard InChI is InChI=1S/C32H35ClFN5O3/c1-17-13-27(35-19(3)28(17)31(41)42)36-25-11-12-38(15-18(25)2)30(40)26-10-8-21-22(20-7-9-23(33)24(34)14-20)16-39(29(21)37-26)32(4,5)6/h7-10,13-14,16,18,25H,11-12,15H2,1-6H3,(H,35,36)(H,41,42). The highest BCUT2D eigenvalue weighted by Crippen LogP contribution is 2.35. The first-order valence-electron chi connectivity index (χ1n) is 14.0. The second-order valence-corrected chi connectivity index (χ2v) is 12.5. The molecule has 0 radical (unpaired) electrons. The van der Waals surface area contributed by atoms with E-state index in [1.807, 2.05) is 21.7 Å². The van der Waals surface area contributed by atoms with Crippen LogP contribution >= 0.6 is 11.6 Å². The number of rotatable bonds is 5. The molecule has 0 bridgehead atoms. The maximum absolute atomic E-state index is 14.3. The van der Waals surface area contributed by atoms with Crippen molar-refractivity contribution in [1.82, 2.24) is 19.4 Å². The van der Waals surface area contributed by atoms with E-state index in [2.05, 4.69) is 38.0 Å². The Morgan fingerprint density at radius 3 is 2.48 bits per heavy atom. The summed E-state index contributed by atoms with van der Waals surface area (Å²) in [5, 5.41) is 13.8. The van der Waals surface area contributed by atoms with E-state index >= 15 is 0 Å². The van der Waals surface area contributed by atoms with E-state index in [4.69, 9.17) is 16.6 Å². The molecular formula is C32H35ClFN5O3.